The van der Waals surface area contributed by atoms with Crippen LogP contribution in [0.2, 0.25) is 0 Å². The molecule has 0 amide bonds. The van der Waals surface area contributed by atoms with Crippen LogP contribution in [0.1, 0.15) is 19.2 Å². The molecule has 0 radical (unpaired) electrons. The molecule has 1 atom stereocenters. The fourth-order valence-electron chi connectivity index (χ4n) is 1.20. The molecule has 1 heterocycles. The first-order valence-corrected chi connectivity index (χ1v) is 4.27. The number of aryl methyl sites for hydroxylation is 1. The van der Waals surface area contributed by atoms with E-state index in [1.807, 2.05) is 11.7 Å². The van der Waals surface area contributed by atoms with Crippen molar-refractivity contribution >= 4 is 0 Å². The van der Waals surface area contributed by atoms with Crippen LogP contribution in [-0.4, -0.2) is 21.3 Å². The van der Waals surface area contributed by atoms with E-state index in [4.69, 9.17) is 5.73 Å². The molecule has 0 saturated carbocycles. The minimum Gasteiger partial charge on any atom is -0.330 e. The molecule has 0 bridgehead atoms. The topological polar surface area (TPSA) is 56.7 Å². The lowest BCUT2D eigenvalue weighted by molar-refractivity contribution is 0.508. The fraction of sp³-hybridized carbons (Fsp3) is 0.750. The van der Waals surface area contributed by atoms with Crippen LogP contribution in [0.4, 0.5) is 0 Å². The zero-order valence-corrected chi connectivity index (χ0v) is 7.70. The quantitative estimate of drug-likeness (QED) is 0.705. The normalized spacial score (nSPS) is 13.2. The molecule has 0 aliphatic heterocycles. The number of nitrogens with zero attached hydrogens (tertiary/aromatic N) is 3. The van der Waals surface area contributed by atoms with Crippen LogP contribution < -0.4 is 5.73 Å². The molecule has 1 rings (SSSR count). The molecule has 0 spiro atoms. The molecule has 1 aromatic rings. The van der Waals surface area contributed by atoms with Gasteiger partial charge in [-0.05, 0) is 18.9 Å². The van der Waals surface area contributed by atoms with Crippen LogP contribution in [0.25, 0.3) is 0 Å². The van der Waals surface area contributed by atoms with Gasteiger partial charge in [0.25, 0.3) is 0 Å². The van der Waals surface area contributed by atoms with E-state index >= 15 is 0 Å². The van der Waals surface area contributed by atoms with Crippen LogP contribution in [0, 0.1) is 5.92 Å². The Labute approximate surface area is 72.8 Å². The molecule has 4 nitrogen and oxygen atoms in total. The van der Waals surface area contributed by atoms with E-state index < -0.39 is 0 Å². The molecule has 0 fully saturated rings. The highest BCUT2D eigenvalue weighted by Gasteiger charge is 2.06. The van der Waals surface area contributed by atoms with Crippen LogP contribution in [-0.2, 0) is 13.5 Å². The SMILES string of the molecule is CC(CCN)Cc1ncnn1C. The standard InChI is InChI=1S/C8H16N4/c1-7(3-4-9)5-8-10-6-11-12(8)2/h6-7H,3-5,9H2,1-2H3. The molecule has 1 aromatic heterocycles. The Kier molecular flexibility index (Phi) is 3.22. The van der Waals surface area contributed by atoms with Crippen LogP contribution in [0.5, 0.6) is 0 Å². The zero-order valence-electron chi connectivity index (χ0n) is 7.70. The monoisotopic (exact) mass is 168 g/mol. The highest BCUT2D eigenvalue weighted by molar-refractivity contribution is 4.85. The zero-order chi connectivity index (χ0) is 8.97. The third-order valence-electron chi connectivity index (χ3n) is 2.00. The second-order valence-corrected chi connectivity index (χ2v) is 3.19. The van der Waals surface area contributed by atoms with Crippen LogP contribution >= 0.6 is 0 Å². The van der Waals surface area contributed by atoms with Gasteiger partial charge in [0.1, 0.15) is 12.2 Å². The van der Waals surface area contributed by atoms with Crippen molar-refractivity contribution in [3.05, 3.63) is 12.2 Å². The number of nitrogens with two attached hydrogens (primary N) is 1. The molecule has 0 saturated heterocycles. The smallest absolute Gasteiger partial charge is 0.138 e. The number of aromatic nitrogens is 3. The van der Waals surface area contributed by atoms with E-state index in [1.54, 1.807) is 6.33 Å². The van der Waals surface area contributed by atoms with Gasteiger partial charge in [0.2, 0.25) is 0 Å². The summed E-state index contributed by atoms with van der Waals surface area (Å²) in [5.74, 6) is 1.63. The maximum absolute atomic E-state index is 5.45. The van der Waals surface area contributed by atoms with Gasteiger partial charge in [-0.1, -0.05) is 6.92 Å². The van der Waals surface area contributed by atoms with Crippen molar-refractivity contribution in [3.8, 4) is 0 Å². The molecular formula is C8H16N4. The average Bonchev–Trinajstić information content (AvgIpc) is 2.37. The minimum atomic E-state index is 0.595. The summed E-state index contributed by atoms with van der Waals surface area (Å²) >= 11 is 0. The van der Waals surface area contributed by atoms with Crippen molar-refractivity contribution in [1.29, 1.82) is 0 Å². The van der Waals surface area contributed by atoms with Gasteiger partial charge in [0, 0.05) is 13.5 Å². The lowest BCUT2D eigenvalue weighted by Gasteiger charge is -2.07. The van der Waals surface area contributed by atoms with Gasteiger partial charge >= 0.3 is 0 Å². The Balaban J connectivity index is 2.46. The van der Waals surface area contributed by atoms with Crippen molar-refractivity contribution in [2.24, 2.45) is 18.7 Å². The molecule has 0 aromatic carbocycles. The van der Waals surface area contributed by atoms with E-state index in [0.717, 1.165) is 25.2 Å². The summed E-state index contributed by atoms with van der Waals surface area (Å²) in [7, 11) is 1.91. The van der Waals surface area contributed by atoms with Gasteiger partial charge in [0.15, 0.2) is 0 Å². The van der Waals surface area contributed by atoms with Gasteiger partial charge in [0.05, 0.1) is 0 Å². The van der Waals surface area contributed by atoms with E-state index in [9.17, 15) is 0 Å². The first kappa shape index (κ1) is 9.19. The second kappa shape index (κ2) is 4.21. The Morgan fingerprint density at radius 1 is 1.67 bits per heavy atom. The first-order chi connectivity index (χ1) is 5.74. The molecule has 0 aliphatic carbocycles. The molecule has 4 heteroatoms. The molecule has 0 aliphatic rings. The van der Waals surface area contributed by atoms with Crippen LogP contribution in [0.3, 0.4) is 0 Å². The van der Waals surface area contributed by atoms with E-state index in [2.05, 4.69) is 17.0 Å². The van der Waals surface area contributed by atoms with E-state index in [0.29, 0.717) is 5.92 Å². The van der Waals surface area contributed by atoms with Crippen molar-refractivity contribution in [3.63, 3.8) is 0 Å². The van der Waals surface area contributed by atoms with Crippen molar-refractivity contribution in [2.45, 2.75) is 19.8 Å². The first-order valence-electron chi connectivity index (χ1n) is 4.27. The minimum absolute atomic E-state index is 0.595. The number of rotatable bonds is 4. The predicted molar refractivity (Wildman–Crippen MR) is 47.5 cm³/mol. The largest absolute Gasteiger partial charge is 0.330 e. The lowest BCUT2D eigenvalue weighted by atomic mass is 10.0. The summed E-state index contributed by atoms with van der Waals surface area (Å²) < 4.78 is 1.81. The van der Waals surface area contributed by atoms with Gasteiger partial charge < -0.3 is 5.73 Å². The average molecular weight is 168 g/mol. The summed E-state index contributed by atoms with van der Waals surface area (Å²) in [6.45, 7) is 2.93. The molecule has 68 valence electrons. The van der Waals surface area contributed by atoms with Crippen molar-refractivity contribution < 1.29 is 0 Å². The fourth-order valence-corrected chi connectivity index (χ4v) is 1.20. The van der Waals surface area contributed by atoms with Gasteiger partial charge in [-0.15, -0.1) is 0 Å². The summed E-state index contributed by atoms with van der Waals surface area (Å²) in [5.41, 5.74) is 5.45. The van der Waals surface area contributed by atoms with Gasteiger partial charge in [-0.25, -0.2) is 4.98 Å². The lowest BCUT2D eigenvalue weighted by Crippen LogP contribution is -2.11. The Morgan fingerprint density at radius 3 is 2.92 bits per heavy atom. The Morgan fingerprint density at radius 2 is 2.42 bits per heavy atom. The molecule has 1 unspecified atom stereocenters. The molecular weight excluding hydrogens is 152 g/mol. The van der Waals surface area contributed by atoms with Crippen molar-refractivity contribution in [2.75, 3.05) is 6.54 Å². The second-order valence-electron chi connectivity index (χ2n) is 3.19. The summed E-state index contributed by atoms with van der Waals surface area (Å²) in [6, 6.07) is 0. The predicted octanol–water partition coefficient (Wildman–Crippen LogP) is 0.342. The van der Waals surface area contributed by atoms with E-state index in [-0.39, 0.29) is 0 Å². The van der Waals surface area contributed by atoms with Gasteiger partial charge in [-0.2, -0.15) is 5.10 Å². The third kappa shape index (κ3) is 2.30. The molecule has 2 N–H and O–H groups in total. The Bertz CT molecular complexity index is 231. The van der Waals surface area contributed by atoms with Crippen molar-refractivity contribution in [1.82, 2.24) is 14.8 Å². The summed E-state index contributed by atoms with van der Waals surface area (Å²) in [5, 5.41) is 4.00. The third-order valence-corrected chi connectivity index (χ3v) is 2.00. The highest BCUT2D eigenvalue weighted by Crippen LogP contribution is 2.07. The number of hydrogen-bond donors (Lipinski definition) is 1. The summed E-state index contributed by atoms with van der Waals surface area (Å²) in [6.07, 6.45) is 3.60. The summed E-state index contributed by atoms with van der Waals surface area (Å²) in [4.78, 5) is 4.15. The van der Waals surface area contributed by atoms with E-state index in [1.165, 1.54) is 0 Å². The number of hydrogen-bond acceptors (Lipinski definition) is 3. The Hall–Kier alpha value is -0.900. The molecule has 12 heavy (non-hydrogen) atoms. The maximum atomic E-state index is 5.45. The van der Waals surface area contributed by atoms with Gasteiger partial charge in [-0.3, -0.25) is 4.68 Å². The van der Waals surface area contributed by atoms with Crippen LogP contribution in [0.15, 0.2) is 6.33 Å². The highest BCUT2D eigenvalue weighted by atomic mass is 15.3. The maximum Gasteiger partial charge on any atom is 0.138 e.